The Morgan fingerprint density at radius 3 is 2.59 bits per heavy atom. The highest BCUT2D eigenvalue weighted by Gasteiger charge is 2.24. The van der Waals surface area contributed by atoms with Gasteiger partial charge >= 0.3 is 0 Å². The van der Waals surface area contributed by atoms with Gasteiger partial charge in [0, 0.05) is 39.3 Å². The summed E-state index contributed by atoms with van der Waals surface area (Å²) in [5.74, 6) is -1.49. The Labute approximate surface area is 183 Å². The first kappa shape index (κ1) is 21.5. The number of likely N-dealkylation sites (tertiary alicyclic amines) is 1. The highest BCUT2D eigenvalue weighted by molar-refractivity contribution is 6.01. The smallest absolute Gasteiger partial charge is 0.267 e. The number of carbonyl (C=O) groups is 2. The average molecular weight is 438 g/mol. The molecule has 0 spiro atoms. The lowest BCUT2D eigenvalue weighted by Crippen LogP contribution is -2.35. The largest absolute Gasteiger partial charge is 0.505 e. The van der Waals surface area contributed by atoms with E-state index in [9.17, 15) is 23.9 Å². The Hall–Kier alpha value is -3.75. The Kier molecular flexibility index (Phi) is 5.89. The molecule has 0 bridgehead atoms. The molecule has 1 aromatic carbocycles. The Balaban J connectivity index is 1.79. The van der Waals surface area contributed by atoms with E-state index in [1.807, 2.05) is 0 Å². The van der Waals surface area contributed by atoms with E-state index >= 15 is 0 Å². The van der Waals surface area contributed by atoms with Gasteiger partial charge in [0.25, 0.3) is 11.5 Å². The molecule has 8 nitrogen and oxygen atoms in total. The number of hydrogen-bond donors (Lipinski definition) is 2. The SMILES string of the molecule is CNC(=O)c1c(O)c2ncc(Cc3ccc(F)cc3)cc2n(CCN2CCCC2=O)c1=O. The van der Waals surface area contributed by atoms with E-state index in [1.54, 1.807) is 29.3 Å². The summed E-state index contributed by atoms with van der Waals surface area (Å²) >= 11 is 0. The van der Waals surface area contributed by atoms with E-state index in [2.05, 4.69) is 10.3 Å². The third-order valence-corrected chi connectivity index (χ3v) is 5.68. The first-order valence-electron chi connectivity index (χ1n) is 10.4. The molecule has 2 amide bonds. The van der Waals surface area contributed by atoms with Gasteiger partial charge in [-0.1, -0.05) is 12.1 Å². The van der Waals surface area contributed by atoms with Gasteiger partial charge in [0.2, 0.25) is 5.91 Å². The Morgan fingerprint density at radius 2 is 1.94 bits per heavy atom. The van der Waals surface area contributed by atoms with Crippen LogP contribution in [0.4, 0.5) is 4.39 Å². The van der Waals surface area contributed by atoms with E-state index in [0.29, 0.717) is 31.4 Å². The van der Waals surface area contributed by atoms with Crippen molar-refractivity contribution >= 4 is 22.8 Å². The van der Waals surface area contributed by atoms with E-state index in [4.69, 9.17) is 0 Å². The summed E-state index contributed by atoms with van der Waals surface area (Å²) < 4.78 is 14.6. The zero-order chi connectivity index (χ0) is 22.8. The van der Waals surface area contributed by atoms with Crippen molar-refractivity contribution in [3.8, 4) is 5.75 Å². The molecule has 1 fully saturated rings. The predicted molar refractivity (Wildman–Crippen MR) is 116 cm³/mol. The number of aromatic hydroxyl groups is 1. The third kappa shape index (κ3) is 4.05. The Morgan fingerprint density at radius 1 is 1.19 bits per heavy atom. The van der Waals surface area contributed by atoms with Gasteiger partial charge in [0.1, 0.15) is 16.9 Å². The number of benzene rings is 1. The molecular formula is C23H23FN4O4. The number of carbonyl (C=O) groups excluding carboxylic acids is 2. The molecule has 0 radical (unpaired) electrons. The van der Waals surface area contributed by atoms with Crippen LogP contribution in [-0.4, -0.2) is 51.5 Å². The van der Waals surface area contributed by atoms with Crippen molar-refractivity contribution in [3.63, 3.8) is 0 Å². The molecule has 166 valence electrons. The van der Waals surface area contributed by atoms with Crippen molar-refractivity contribution in [1.29, 1.82) is 0 Å². The van der Waals surface area contributed by atoms with Gasteiger partial charge in [-0.3, -0.25) is 19.4 Å². The number of nitrogens with zero attached hydrogens (tertiary/aromatic N) is 3. The van der Waals surface area contributed by atoms with Gasteiger partial charge in [0.15, 0.2) is 5.75 Å². The molecular weight excluding hydrogens is 415 g/mol. The number of pyridine rings is 2. The fourth-order valence-electron chi connectivity index (χ4n) is 3.99. The molecule has 3 heterocycles. The number of aromatic nitrogens is 2. The van der Waals surface area contributed by atoms with Crippen LogP contribution in [0.3, 0.4) is 0 Å². The van der Waals surface area contributed by atoms with Crippen LogP contribution in [0.2, 0.25) is 0 Å². The van der Waals surface area contributed by atoms with Crippen LogP contribution in [0.5, 0.6) is 5.75 Å². The second kappa shape index (κ2) is 8.78. The predicted octanol–water partition coefficient (Wildman–Crippen LogP) is 1.81. The monoisotopic (exact) mass is 438 g/mol. The van der Waals surface area contributed by atoms with Gasteiger partial charge < -0.3 is 19.9 Å². The van der Waals surface area contributed by atoms with Crippen molar-refractivity contribution in [1.82, 2.24) is 19.8 Å². The van der Waals surface area contributed by atoms with Gasteiger partial charge in [0.05, 0.1) is 5.52 Å². The highest BCUT2D eigenvalue weighted by Crippen LogP contribution is 2.26. The second-order valence-electron chi connectivity index (χ2n) is 7.76. The van der Waals surface area contributed by atoms with Crippen LogP contribution < -0.4 is 10.9 Å². The van der Waals surface area contributed by atoms with E-state index in [1.165, 1.54) is 23.7 Å². The standard InChI is InChI=1S/C23H23FN4O4/c1-25-22(31)19-21(30)20-17(28(23(19)32)10-9-27-8-2-3-18(27)29)12-15(13-26-20)11-14-4-6-16(24)7-5-14/h4-7,12-13,30H,2-3,8-11H2,1H3,(H,25,31). The quantitative estimate of drug-likeness (QED) is 0.611. The van der Waals surface area contributed by atoms with Gasteiger partial charge in [-0.05, 0) is 42.2 Å². The first-order valence-corrected chi connectivity index (χ1v) is 10.4. The van der Waals surface area contributed by atoms with Crippen molar-refractivity contribution in [3.05, 3.63) is 69.4 Å². The number of hydrogen-bond acceptors (Lipinski definition) is 5. The van der Waals surface area contributed by atoms with Gasteiger partial charge in [-0.2, -0.15) is 0 Å². The molecule has 2 aromatic heterocycles. The van der Waals surface area contributed by atoms with Crippen LogP contribution in [0.15, 0.2) is 41.3 Å². The first-order chi connectivity index (χ1) is 15.4. The zero-order valence-corrected chi connectivity index (χ0v) is 17.6. The fourth-order valence-corrected chi connectivity index (χ4v) is 3.99. The molecule has 1 saturated heterocycles. The minimum Gasteiger partial charge on any atom is -0.505 e. The molecule has 0 atom stereocenters. The van der Waals surface area contributed by atoms with Crippen LogP contribution in [0, 0.1) is 5.82 Å². The summed E-state index contributed by atoms with van der Waals surface area (Å²) in [5, 5.41) is 13.0. The molecule has 32 heavy (non-hydrogen) atoms. The number of amides is 2. The summed E-state index contributed by atoms with van der Waals surface area (Å²) in [6.07, 6.45) is 3.26. The maximum Gasteiger partial charge on any atom is 0.267 e. The molecule has 0 unspecified atom stereocenters. The van der Waals surface area contributed by atoms with Crippen molar-refractivity contribution in [2.45, 2.75) is 25.8 Å². The number of halogens is 1. The van der Waals surface area contributed by atoms with Crippen LogP contribution in [0.1, 0.15) is 34.3 Å². The molecule has 1 aliphatic rings. The molecule has 9 heteroatoms. The van der Waals surface area contributed by atoms with Crippen molar-refractivity contribution < 1.29 is 19.1 Å². The number of nitrogens with one attached hydrogen (secondary N) is 1. The summed E-state index contributed by atoms with van der Waals surface area (Å²) in [7, 11) is 1.37. The molecule has 3 aromatic rings. The molecule has 0 saturated carbocycles. The van der Waals surface area contributed by atoms with Gasteiger partial charge in [-0.15, -0.1) is 0 Å². The van der Waals surface area contributed by atoms with E-state index in [-0.39, 0.29) is 29.3 Å². The lowest BCUT2D eigenvalue weighted by Gasteiger charge is -2.19. The van der Waals surface area contributed by atoms with Crippen LogP contribution in [0.25, 0.3) is 11.0 Å². The molecule has 2 N–H and O–H groups in total. The molecule has 0 aliphatic carbocycles. The number of fused-ring (bicyclic) bond motifs is 1. The summed E-state index contributed by atoms with van der Waals surface area (Å²) in [5.41, 5.74) is 1.07. The fraction of sp³-hybridized carbons (Fsp3) is 0.304. The number of rotatable bonds is 6. The molecule has 4 rings (SSSR count). The summed E-state index contributed by atoms with van der Waals surface area (Å²) in [6, 6.07) is 7.80. The summed E-state index contributed by atoms with van der Waals surface area (Å²) in [4.78, 5) is 43.5. The van der Waals surface area contributed by atoms with Crippen LogP contribution in [-0.2, 0) is 17.8 Å². The Bertz CT molecular complexity index is 1250. The van der Waals surface area contributed by atoms with E-state index in [0.717, 1.165) is 17.5 Å². The topological polar surface area (TPSA) is 105 Å². The maximum atomic E-state index is 13.2. The minimum atomic E-state index is -0.711. The lowest BCUT2D eigenvalue weighted by molar-refractivity contribution is -0.127. The van der Waals surface area contributed by atoms with Crippen LogP contribution >= 0.6 is 0 Å². The molecule has 1 aliphatic heterocycles. The lowest BCUT2D eigenvalue weighted by atomic mass is 10.1. The minimum absolute atomic E-state index is 0.0304. The third-order valence-electron chi connectivity index (χ3n) is 5.68. The van der Waals surface area contributed by atoms with E-state index < -0.39 is 17.2 Å². The van der Waals surface area contributed by atoms with Gasteiger partial charge in [-0.25, -0.2) is 4.39 Å². The normalized spacial score (nSPS) is 13.7. The average Bonchev–Trinajstić information content (AvgIpc) is 3.19. The second-order valence-corrected chi connectivity index (χ2v) is 7.76. The highest BCUT2D eigenvalue weighted by atomic mass is 19.1. The summed E-state index contributed by atoms with van der Waals surface area (Å²) in [6.45, 7) is 1.10. The zero-order valence-electron chi connectivity index (χ0n) is 17.6. The van der Waals surface area contributed by atoms with Crippen molar-refractivity contribution in [2.75, 3.05) is 20.1 Å². The maximum absolute atomic E-state index is 13.2. The van der Waals surface area contributed by atoms with Crippen molar-refractivity contribution in [2.24, 2.45) is 0 Å².